The van der Waals surface area contributed by atoms with Gasteiger partial charge < -0.3 is 24.8 Å². The fourth-order valence-electron chi connectivity index (χ4n) is 4.93. The number of ether oxygens (including phenoxy) is 1. The molecule has 2 aliphatic heterocycles. The van der Waals surface area contributed by atoms with Crippen LogP contribution in [0.3, 0.4) is 0 Å². The van der Waals surface area contributed by atoms with Gasteiger partial charge in [0, 0.05) is 54.8 Å². The molecule has 2 aromatic carbocycles. The molecule has 38 heavy (non-hydrogen) atoms. The number of aromatic nitrogens is 1. The van der Waals surface area contributed by atoms with E-state index in [4.69, 9.17) is 9.26 Å². The summed E-state index contributed by atoms with van der Waals surface area (Å²) in [5.74, 6) is -0.529. The van der Waals surface area contributed by atoms with Gasteiger partial charge in [0.1, 0.15) is 5.69 Å². The molecule has 196 valence electrons. The van der Waals surface area contributed by atoms with E-state index >= 15 is 0 Å². The van der Waals surface area contributed by atoms with E-state index in [0.717, 1.165) is 62.2 Å². The Kier molecular flexibility index (Phi) is 7.70. The van der Waals surface area contributed by atoms with Gasteiger partial charge in [-0.25, -0.2) is 0 Å². The molecule has 0 aliphatic carbocycles. The lowest BCUT2D eigenvalue weighted by Gasteiger charge is -2.29. The van der Waals surface area contributed by atoms with Crippen molar-refractivity contribution in [3.05, 3.63) is 64.9 Å². The Balaban J connectivity index is 1.30. The van der Waals surface area contributed by atoms with Crippen molar-refractivity contribution in [2.45, 2.75) is 45.1 Å². The Hall–Kier alpha value is -4.16. The van der Waals surface area contributed by atoms with Crippen LogP contribution in [-0.2, 0) is 4.74 Å². The van der Waals surface area contributed by atoms with Crippen molar-refractivity contribution in [1.82, 2.24) is 10.5 Å². The monoisotopic (exact) mass is 513 g/mol. The maximum atomic E-state index is 13.2. The largest absolute Gasteiger partial charge is 0.376 e. The lowest BCUT2D eigenvalue weighted by atomic mass is 10.0. The quantitative estimate of drug-likeness (QED) is 0.471. The van der Waals surface area contributed by atoms with Gasteiger partial charge in [0.2, 0.25) is 5.76 Å². The molecule has 2 aliphatic rings. The van der Waals surface area contributed by atoms with Crippen molar-refractivity contribution < 1.29 is 18.8 Å². The molecular weight excluding hydrogens is 482 g/mol. The Morgan fingerprint density at radius 2 is 1.92 bits per heavy atom. The Morgan fingerprint density at radius 1 is 1.08 bits per heavy atom. The first-order valence-electron chi connectivity index (χ1n) is 13.1. The van der Waals surface area contributed by atoms with Gasteiger partial charge in [0.15, 0.2) is 0 Å². The molecule has 1 atom stereocenters. The lowest BCUT2D eigenvalue weighted by Crippen LogP contribution is -2.31. The summed E-state index contributed by atoms with van der Waals surface area (Å²) < 4.78 is 10.9. The minimum absolute atomic E-state index is 0.0358. The summed E-state index contributed by atoms with van der Waals surface area (Å²) >= 11 is 0. The third kappa shape index (κ3) is 5.87. The van der Waals surface area contributed by atoms with Gasteiger partial charge in [-0.3, -0.25) is 9.59 Å². The molecule has 9 nitrogen and oxygen atoms in total. The molecule has 5 rings (SSSR count). The zero-order chi connectivity index (χ0) is 26.5. The van der Waals surface area contributed by atoms with E-state index in [0.29, 0.717) is 29.1 Å². The van der Waals surface area contributed by atoms with Crippen LogP contribution in [0.1, 0.15) is 64.1 Å². The smallest absolute Gasteiger partial charge is 0.290 e. The number of rotatable bonds is 7. The first kappa shape index (κ1) is 25.5. The number of carbonyl (C=O) groups is 2. The number of piperidine rings is 1. The second-order valence-corrected chi connectivity index (χ2v) is 9.83. The highest BCUT2D eigenvalue weighted by Crippen LogP contribution is 2.28. The standard InChI is InChI=1S/C29H31N5O4/c1-19-7-8-22(15-25(19)26-16-27(38-33-26)29(36)31-18-24-6-5-11-37-24)32-28(35)21-12-20(17-30)13-23(14-21)34-9-3-2-4-10-34/h7-8,12-16,24H,2-6,9-11,18H2,1H3,(H,31,36)(H,32,35). The van der Waals surface area contributed by atoms with Gasteiger partial charge in [0.25, 0.3) is 11.8 Å². The maximum Gasteiger partial charge on any atom is 0.290 e. The lowest BCUT2D eigenvalue weighted by molar-refractivity contribution is 0.0827. The molecular formula is C29H31N5O4. The number of anilines is 2. The van der Waals surface area contributed by atoms with Crippen LogP contribution < -0.4 is 15.5 Å². The molecule has 0 spiro atoms. The Labute approximate surface area is 221 Å². The minimum atomic E-state index is -0.344. The zero-order valence-corrected chi connectivity index (χ0v) is 21.5. The number of benzene rings is 2. The second kappa shape index (κ2) is 11.5. The molecule has 2 N–H and O–H groups in total. The molecule has 3 heterocycles. The van der Waals surface area contributed by atoms with Crippen LogP contribution in [-0.4, -0.2) is 49.3 Å². The van der Waals surface area contributed by atoms with E-state index in [1.165, 1.54) is 6.42 Å². The zero-order valence-electron chi connectivity index (χ0n) is 21.5. The van der Waals surface area contributed by atoms with Gasteiger partial charge in [-0.2, -0.15) is 5.26 Å². The predicted molar refractivity (Wildman–Crippen MR) is 143 cm³/mol. The van der Waals surface area contributed by atoms with Crippen molar-refractivity contribution in [2.24, 2.45) is 0 Å². The molecule has 2 saturated heterocycles. The van der Waals surface area contributed by atoms with Crippen LogP contribution in [0.25, 0.3) is 11.3 Å². The molecule has 2 fully saturated rings. The van der Waals surface area contributed by atoms with Crippen LogP contribution in [0.5, 0.6) is 0 Å². The number of nitrogens with one attached hydrogen (secondary N) is 2. The molecule has 2 amide bonds. The van der Waals surface area contributed by atoms with E-state index in [9.17, 15) is 14.9 Å². The Morgan fingerprint density at radius 3 is 2.68 bits per heavy atom. The second-order valence-electron chi connectivity index (χ2n) is 9.83. The van der Waals surface area contributed by atoms with Crippen LogP contribution in [0, 0.1) is 18.3 Å². The van der Waals surface area contributed by atoms with E-state index in [-0.39, 0.29) is 23.7 Å². The highest BCUT2D eigenvalue weighted by molar-refractivity contribution is 6.05. The van der Waals surface area contributed by atoms with E-state index in [2.05, 4.69) is 26.8 Å². The number of carbonyl (C=O) groups excluding carboxylic acids is 2. The minimum Gasteiger partial charge on any atom is -0.376 e. The number of amides is 2. The van der Waals surface area contributed by atoms with Gasteiger partial charge in [-0.15, -0.1) is 0 Å². The molecule has 0 bridgehead atoms. The van der Waals surface area contributed by atoms with Crippen molar-refractivity contribution in [3.8, 4) is 17.3 Å². The van der Waals surface area contributed by atoms with Gasteiger partial charge in [-0.05, 0) is 74.9 Å². The SMILES string of the molecule is Cc1ccc(NC(=O)c2cc(C#N)cc(N3CCCCC3)c2)cc1-c1cc(C(=O)NCC2CCCO2)on1. The number of hydrogen-bond acceptors (Lipinski definition) is 7. The summed E-state index contributed by atoms with van der Waals surface area (Å²) in [4.78, 5) is 27.9. The van der Waals surface area contributed by atoms with Crippen LogP contribution >= 0.6 is 0 Å². The molecule has 0 saturated carbocycles. The average molecular weight is 514 g/mol. The first-order chi connectivity index (χ1) is 18.5. The molecule has 9 heteroatoms. The summed E-state index contributed by atoms with van der Waals surface area (Å²) in [5, 5.41) is 19.4. The van der Waals surface area contributed by atoms with Gasteiger partial charge in [-0.1, -0.05) is 11.2 Å². The van der Waals surface area contributed by atoms with Crippen LogP contribution in [0.2, 0.25) is 0 Å². The van der Waals surface area contributed by atoms with E-state index in [1.54, 1.807) is 18.2 Å². The van der Waals surface area contributed by atoms with Crippen LogP contribution in [0.4, 0.5) is 11.4 Å². The fraction of sp³-hybridized carbons (Fsp3) is 0.379. The van der Waals surface area contributed by atoms with Gasteiger partial charge >= 0.3 is 0 Å². The third-order valence-electron chi connectivity index (χ3n) is 7.05. The van der Waals surface area contributed by atoms with Crippen molar-refractivity contribution >= 4 is 23.2 Å². The predicted octanol–water partition coefficient (Wildman–Crippen LogP) is 4.67. The highest BCUT2D eigenvalue weighted by Gasteiger charge is 2.20. The van der Waals surface area contributed by atoms with E-state index in [1.807, 2.05) is 31.2 Å². The first-order valence-corrected chi connectivity index (χ1v) is 13.1. The van der Waals surface area contributed by atoms with E-state index < -0.39 is 0 Å². The van der Waals surface area contributed by atoms with Crippen LogP contribution in [0.15, 0.2) is 47.0 Å². The summed E-state index contributed by atoms with van der Waals surface area (Å²) in [6.45, 7) is 4.92. The summed E-state index contributed by atoms with van der Waals surface area (Å²) in [5.41, 5.74) is 4.51. The number of nitrogens with zero attached hydrogens (tertiary/aromatic N) is 3. The van der Waals surface area contributed by atoms with Crippen molar-refractivity contribution in [3.63, 3.8) is 0 Å². The topological polar surface area (TPSA) is 120 Å². The third-order valence-corrected chi connectivity index (χ3v) is 7.05. The normalized spacial score (nSPS) is 17.2. The Bertz CT molecular complexity index is 1360. The van der Waals surface area contributed by atoms with Crippen molar-refractivity contribution in [1.29, 1.82) is 5.26 Å². The fourth-order valence-corrected chi connectivity index (χ4v) is 4.93. The number of hydrogen-bond donors (Lipinski definition) is 2. The molecule has 1 aromatic heterocycles. The highest BCUT2D eigenvalue weighted by atomic mass is 16.5. The average Bonchev–Trinajstić information content (AvgIpc) is 3.66. The summed E-state index contributed by atoms with van der Waals surface area (Å²) in [6, 6.07) is 14.6. The summed E-state index contributed by atoms with van der Waals surface area (Å²) in [6.07, 6.45) is 5.37. The molecule has 0 radical (unpaired) electrons. The number of nitriles is 1. The van der Waals surface area contributed by atoms with Gasteiger partial charge in [0.05, 0.1) is 17.7 Å². The summed E-state index contributed by atoms with van der Waals surface area (Å²) in [7, 11) is 0. The number of aryl methyl sites for hydroxylation is 1. The maximum absolute atomic E-state index is 13.2. The molecule has 1 unspecified atom stereocenters. The molecule has 3 aromatic rings. The van der Waals surface area contributed by atoms with Crippen molar-refractivity contribution in [2.75, 3.05) is 36.5 Å².